The van der Waals surface area contributed by atoms with Crippen LogP contribution in [0, 0.1) is 0 Å². The molecule has 7 heteroatoms. The maximum absolute atomic E-state index is 11.5. The summed E-state index contributed by atoms with van der Waals surface area (Å²) in [6, 6.07) is 10.3. The quantitative estimate of drug-likeness (QED) is 0.247. The van der Waals surface area contributed by atoms with E-state index in [2.05, 4.69) is 75.1 Å². The fourth-order valence-corrected chi connectivity index (χ4v) is 7.32. The molecular formula is C39H58N5O2+. The molecule has 0 radical (unpaired) electrons. The molecule has 2 atom stereocenters. The van der Waals surface area contributed by atoms with Crippen molar-refractivity contribution in [3.8, 4) is 11.5 Å². The van der Waals surface area contributed by atoms with E-state index in [1.165, 1.54) is 24.4 Å². The van der Waals surface area contributed by atoms with Gasteiger partial charge in [0.15, 0.2) is 0 Å². The fraction of sp³-hybridized carbons (Fsp3) is 0.615. The summed E-state index contributed by atoms with van der Waals surface area (Å²) in [6.07, 6.45) is 12.2. The first-order valence-electron chi connectivity index (χ1n) is 17.7. The predicted octanol–water partition coefficient (Wildman–Crippen LogP) is 6.88. The van der Waals surface area contributed by atoms with E-state index in [9.17, 15) is 10.2 Å². The molecule has 0 aromatic heterocycles. The van der Waals surface area contributed by atoms with Gasteiger partial charge in [-0.1, -0.05) is 72.6 Å². The zero-order valence-corrected chi connectivity index (χ0v) is 29.5. The summed E-state index contributed by atoms with van der Waals surface area (Å²) < 4.78 is 2.42. The molecule has 2 aromatic carbocycles. The average Bonchev–Trinajstić information content (AvgIpc) is 3.00. The van der Waals surface area contributed by atoms with Gasteiger partial charge in [-0.25, -0.2) is 0 Å². The van der Waals surface area contributed by atoms with Crippen LogP contribution in [0.4, 0.5) is 0 Å². The van der Waals surface area contributed by atoms with Gasteiger partial charge in [0, 0.05) is 36.4 Å². The van der Waals surface area contributed by atoms with E-state index >= 15 is 0 Å². The number of nitrogens with zero attached hydrogens (tertiary/aromatic N) is 5. The highest BCUT2D eigenvalue weighted by molar-refractivity contribution is 5.86. The summed E-state index contributed by atoms with van der Waals surface area (Å²) in [6.45, 7) is 18.6. The zero-order chi connectivity index (χ0) is 33.1. The molecule has 3 aliphatic rings. The van der Waals surface area contributed by atoms with E-state index in [1.807, 2.05) is 30.6 Å². The van der Waals surface area contributed by atoms with Gasteiger partial charge in [-0.05, 0) is 65.3 Å². The first-order chi connectivity index (χ1) is 21.8. The Kier molecular flexibility index (Phi) is 10.5. The van der Waals surface area contributed by atoms with Crippen LogP contribution in [0.15, 0.2) is 40.3 Å². The number of para-hydroxylation sites is 1. The predicted molar refractivity (Wildman–Crippen MR) is 192 cm³/mol. The average molecular weight is 629 g/mol. The van der Waals surface area contributed by atoms with E-state index in [0.717, 1.165) is 93.5 Å². The SMILES string of the molecule is C[N+]1=C2N(CCCc3cc(C(C)(C)C)cc(C=NC4CCCCC4N=Cc4cccc(C(C)(C)C)c4O)c3O)CCCN2CCC1. The van der Waals surface area contributed by atoms with Crippen molar-refractivity contribution in [2.45, 2.75) is 116 Å². The summed E-state index contributed by atoms with van der Waals surface area (Å²) in [5.74, 6) is 2.06. The van der Waals surface area contributed by atoms with Crippen molar-refractivity contribution in [2.75, 3.05) is 39.8 Å². The molecule has 2 N–H and O–H groups in total. The number of phenols is 2. The summed E-state index contributed by atoms with van der Waals surface area (Å²) in [5, 5.41) is 22.5. The number of aromatic hydroxyl groups is 2. The van der Waals surface area contributed by atoms with Gasteiger partial charge >= 0.3 is 5.96 Å². The number of hydrogen-bond acceptors (Lipinski definition) is 6. The second kappa shape index (κ2) is 14.2. The number of guanidine groups is 1. The van der Waals surface area contributed by atoms with Crippen LogP contribution in [-0.4, -0.2) is 94.8 Å². The highest BCUT2D eigenvalue weighted by atomic mass is 16.3. The van der Waals surface area contributed by atoms with Gasteiger partial charge in [0.2, 0.25) is 0 Å². The molecule has 46 heavy (non-hydrogen) atoms. The van der Waals surface area contributed by atoms with Crippen molar-refractivity contribution in [1.29, 1.82) is 0 Å². The van der Waals surface area contributed by atoms with Crippen LogP contribution in [0.25, 0.3) is 0 Å². The van der Waals surface area contributed by atoms with Gasteiger partial charge < -0.3 is 10.2 Å². The minimum absolute atomic E-state index is 0.0413. The van der Waals surface area contributed by atoms with Gasteiger partial charge in [0.25, 0.3) is 0 Å². The van der Waals surface area contributed by atoms with Crippen molar-refractivity contribution in [3.63, 3.8) is 0 Å². The number of fused-ring (bicyclic) bond motifs is 1. The minimum Gasteiger partial charge on any atom is -0.507 e. The number of phenolic OH excluding ortho intramolecular Hbond substituents is 2. The van der Waals surface area contributed by atoms with Gasteiger partial charge in [0.1, 0.15) is 11.5 Å². The van der Waals surface area contributed by atoms with Crippen molar-refractivity contribution in [2.24, 2.45) is 9.98 Å². The lowest BCUT2D eigenvalue weighted by Gasteiger charge is -2.36. The summed E-state index contributed by atoms with van der Waals surface area (Å²) in [7, 11) is 2.22. The van der Waals surface area contributed by atoms with E-state index in [0.29, 0.717) is 11.5 Å². The molecule has 1 saturated carbocycles. The summed E-state index contributed by atoms with van der Waals surface area (Å²) in [4.78, 5) is 15.2. The summed E-state index contributed by atoms with van der Waals surface area (Å²) >= 11 is 0. The summed E-state index contributed by atoms with van der Waals surface area (Å²) in [5.41, 5.74) is 4.53. The molecule has 0 spiro atoms. The molecule has 1 aliphatic carbocycles. The molecule has 2 heterocycles. The minimum atomic E-state index is -0.145. The van der Waals surface area contributed by atoms with Crippen LogP contribution in [0.1, 0.15) is 114 Å². The molecule has 250 valence electrons. The Morgan fingerprint density at radius 2 is 1.50 bits per heavy atom. The van der Waals surface area contributed by atoms with Crippen molar-refractivity contribution in [1.82, 2.24) is 9.80 Å². The monoisotopic (exact) mass is 628 g/mol. The fourth-order valence-electron chi connectivity index (χ4n) is 7.32. The normalized spacial score (nSPS) is 21.5. The molecule has 2 fully saturated rings. The highest BCUT2D eigenvalue weighted by Gasteiger charge is 2.34. The standard InChI is InChI=1S/C39H57N5O2/c1-38(2,3)31-24-28(15-11-20-43-22-13-23-44-21-12-19-42(7)37(43)44)35(45)30(25-31)27-41-34-18-9-8-17-33(34)40-26-29-14-10-16-32(36(29)46)39(4,5)6/h10,14,16,24-27,33-34H,8-9,11-13,15,17-23H2,1-7H3,(H-,40,41,45,46)/p+1. The Hall–Kier alpha value is -3.35. The number of hydrogen-bond donors (Lipinski definition) is 2. The lowest BCUT2D eigenvalue weighted by Crippen LogP contribution is -2.57. The maximum atomic E-state index is 11.5. The number of benzene rings is 2. The molecule has 0 bridgehead atoms. The first kappa shape index (κ1) is 34.0. The second-order valence-corrected chi connectivity index (χ2v) is 15.8. The highest BCUT2D eigenvalue weighted by Crippen LogP contribution is 2.34. The number of aryl methyl sites for hydroxylation is 1. The Labute approximate surface area is 277 Å². The Bertz CT molecular complexity index is 1460. The van der Waals surface area contributed by atoms with Gasteiger partial charge in [-0.2, -0.15) is 0 Å². The van der Waals surface area contributed by atoms with Gasteiger partial charge in [0.05, 0.1) is 51.9 Å². The smallest absolute Gasteiger partial charge is 0.350 e. The number of aliphatic imine (C=N–C) groups is 2. The molecule has 2 unspecified atom stereocenters. The largest absolute Gasteiger partial charge is 0.507 e. The third-order valence-electron chi connectivity index (χ3n) is 10.0. The zero-order valence-electron chi connectivity index (χ0n) is 29.5. The molecule has 1 saturated heterocycles. The molecule has 2 aliphatic heterocycles. The van der Waals surface area contributed by atoms with E-state index < -0.39 is 0 Å². The number of rotatable bonds is 8. The Morgan fingerprint density at radius 3 is 2.17 bits per heavy atom. The van der Waals surface area contributed by atoms with E-state index in [-0.39, 0.29) is 22.9 Å². The van der Waals surface area contributed by atoms with Crippen molar-refractivity contribution < 1.29 is 14.8 Å². The van der Waals surface area contributed by atoms with Gasteiger partial charge in [-0.3, -0.25) is 24.4 Å². The lowest BCUT2D eigenvalue weighted by atomic mass is 9.84. The third-order valence-corrected chi connectivity index (χ3v) is 10.0. The Balaban J connectivity index is 1.33. The van der Waals surface area contributed by atoms with Crippen LogP contribution in [0.2, 0.25) is 0 Å². The molecule has 2 aromatic rings. The second-order valence-electron chi connectivity index (χ2n) is 15.8. The van der Waals surface area contributed by atoms with Crippen LogP contribution in [-0.2, 0) is 17.3 Å². The van der Waals surface area contributed by atoms with E-state index in [1.54, 1.807) is 0 Å². The van der Waals surface area contributed by atoms with E-state index in [4.69, 9.17) is 9.98 Å². The molecule has 7 nitrogen and oxygen atoms in total. The molecule has 5 rings (SSSR count). The molecular weight excluding hydrogens is 570 g/mol. The van der Waals surface area contributed by atoms with Crippen LogP contribution < -0.4 is 0 Å². The maximum Gasteiger partial charge on any atom is 0.350 e. The first-order valence-corrected chi connectivity index (χ1v) is 17.7. The van der Waals surface area contributed by atoms with Crippen LogP contribution in [0.3, 0.4) is 0 Å². The van der Waals surface area contributed by atoms with Gasteiger partial charge in [-0.15, -0.1) is 0 Å². The Morgan fingerprint density at radius 1 is 0.826 bits per heavy atom. The van der Waals surface area contributed by atoms with Crippen LogP contribution in [0.5, 0.6) is 11.5 Å². The van der Waals surface area contributed by atoms with Crippen molar-refractivity contribution in [3.05, 3.63) is 58.1 Å². The van der Waals surface area contributed by atoms with Crippen molar-refractivity contribution >= 4 is 18.4 Å². The molecule has 0 amide bonds. The topological polar surface area (TPSA) is 74.7 Å². The third kappa shape index (κ3) is 7.95. The van der Waals surface area contributed by atoms with Crippen LogP contribution >= 0.6 is 0 Å². The lowest BCUT2D eigenvalue weighted by molar-refractivity contribution is -0.515.